The van der Waals surface area contributed by atoms with E-state index in [0.29, 0.717) is 0 Å². The first-order chi connectivity index (χ1) is 6.20. The molecule has 0 saturated carbocycles. The fourth-order valence-electron chi connectivity index (χ4n) is 0.927. The fraction of sp³-hybridized carbons (Fsp3) is 0.143. The van der Waals surface area contributed by atoms with Crippen molar-refractivity contribution in [1.29, 1.82) is 5.26 Å². The maximum atomic E-state index is 8.86. The number of aromatic nitrogens is 1. The van der Waals surface area contributed by atoms with Crippen molar-refractivity contribution in [3.05, 3.63) is 18.0 Å². The Bertz CT molecular complexity index is 348. The molecule has 13 heavy (non-hydrogen) atoms. The minimum Gasteiger partial charge on any atom is -0.494 e. The van der Waals surface area contributed by atoms with Gasteiger partial charge in [0.2, 0.25) is 0 Å². The van der Waals surface area contributed by atoms with E-state index in [4.69, 9.17) is 20.0 Å². The average molecular weight is 178 g/mol. The SMILES string of the molecule is COc1cncc(B(O)O)c1C#N. The molecule has 0 radical (unpaired) electrons. The lowest BCUT2D eigenvalue weighted by Crippen LogP contribution is -2.33. The van der Waals surface area contributed by atoms with E-state index in [0.717, 1.165) is 0 Å². The number of pyridine rings is 1. The highest BCUT2D eigenvalue weighted by atomic mass is 16.5. The number of hydrogen-bond donors (Lipinski definition) is 2. The van der Waals surface area contributed by atoms with E-state index < -0.39 is 7.12 Å². The van der Waals surface area contributed by atoms with E-state index in [9.17, 15) is 0 Å². The van der Waals surface area contributed by atoms with Crippen molar-refractivity contribution < 1.29 is 14.8 Å². The van der Waals surface area contributed by atoms with E-state index in [2.05, 4.69) is 4.98 Å². The van der Waals surface area contributed by atoms with Gasteiger partial charge in [-0.2, -0.15) is 5.26 Å². The molecule has 1 aromatic rings. The molecule has 0 saturated heterocycles. The molecule has 0 aliphatic carbocycles. The normalized spacial score (nSPS) is 9.08. The maximum absolute atomic E-state index is 8.86. The Kier molecular flexibility index (Phi) is 2.85. The number of ether oxygens (including phenoxy) is 1. The highest BCUT2D eigenvalue weighted by Crippen LogP contribution is 2.12. The van der Waals surface area contributed by atoms with Crippen LogP contribution in [0, 0.1) is 11.3 Å². The van der Waals surface area contributed by atoms with Gasteiger partial charge in [0.1, 0.15) is 6.07 Å². The highest BCUT2D eigenvalue weighted by Gasteiger charge is 2.19. The van der Waals surface area contributed by atoms with Crippen molar-refractivity contribution in [3.63, 3.8) is 0 Å². The van der Waals surface area contributed by atoms with Gasteiger partial charge >= 0.3 is 7.12 Å². The van der Waals surface area contributed by atoms with E-state index in [-0.39, 0.29) is 16.8 Å². The molecular weight excluding hydrogens is 171 g/mol. The molecule has 2 N–H and O–H groups in total. The molecular formula is C7H7BN2O3. The Balaban J connectivity index is 3.29. The fourth-order valence-corrected chi connectivity index (χ4v) is 0.927. The molecule has 0 unspecified atom stereocenters. The van der Waals surface area contributed by atoms with Crippen LogP contribution in [0.15, 0.2) is 12.4 Å². The van der Waals surface area contributed by atoms with Crippen LogP contribution in [0.2, 0.25) is 0 Å². The van der Waals surface area contributed by atoms with Gasteiger partial charge in [0.15, 0.2) is 5.75 Å². The largest absolute Gasteiger partial charge is 0.494 e. The summed E-state index contributed by atoms with van der Waals surface area (Å²) in [5.41, 5.74) is 0.134. The van der Waals surface area contributed by atoms with Crippen molar-refractivity contribution >= 4 is 12.6 Å². The summed E-state index contributed by atoms with van der Waals surface area (Å²) >= 11 is 0. The molecule has 0 fully saturated rings. The third-order valence-corrected chi connectivity index (χ3v) is 1.55. The van der Waals surface area contributed by atoms with Gasteiger partial charge < -0.3 is 14.8 Å². The quantitative estimate of drug-likeness (QED) is 0.546. The molecule has 0 aromatic carbocycles. The van der Waals surface area contributed by atoms with Crippen LogP contribution >= 0.6 is 0 Å². The van der Waals surface area contributed by atoms with Crippen molar-refractivity contribution in [2.24, 2.45) is 0 Å². The lowest BCUT2D eigenvalue weighted by atomic mass is 9.78. The molecule has 1 aromatic heterocycles. The zero-order valence-corrected chi connectivity index (χ0v) is 6.93. The molecule has 0 aliphatic rings. The predicted octanol–water partition coefficient (Wildman–Crippen LogP) is -1.36. The summed E-state index contributed by atoms with van der Waals surface area (Å²) in [6, 6.07) is 1.81. The van der Waals surface area contributed by atoms with Crippen LogP contribution in [0.3, 0.4) is 0 Å². The lowest BCUT2D eigenvalue weighted by Gasteiger charge is -2.05. The second-order valence-electron chi connectivity index (χ2n) is 2.29. The average Bonchev–Trinajstić information content (AvgIpc) is 2.16. The lowest BCUT2D eigenvalue weighted by molar-refractivity contribution is 0.409. The number of methoxy groups -OCH3 is 1. The molecule has 0 amide bonds. The van der Waals surface area contributed by atoms with Gasteiger partial charge in [0.05, 0.1) is 18.9 Å². The zero-order chi connectivity index (χ0) is 9.84. The first-order valence-electron chi connectivity index (χ1n) is 3.48. The van der Waals surface area contributed by atoms with Gasteiger partial charge in [0.25, 0.3) is 0 Å². The minimum absolute atomic E-state index is 0.0434. The standard InChI is InChI=1S/C7H7BN2O3/c1-13-7-4-10-3-6(8(11)12)5(7)2-9/h3-4,11-12H,1H3. The van der Waals surface area contributed by atoms with Crippen molar-refractivity contribution in [1.82, 2.24) is 4.98 Å². The highest BCUT2D eigenvalue weighted by molar-refractivity contribution is 6.59. The predicted molar refractivity (Wildman–Crippen MR) is 45.3 cm³/mol. The van der Waals surface area contributed by atoms with E-state index >= 15 is 0 Å². The van der Waals surface area contributed by atoms with Crippen molar-refractivity contribution in [2.45, 2.75) is 0 Å². The first kappa shape index (κ1) is 9.51. The second-order valence-corrected chi connectivity index (χ2v) is 2.29. The van der Waals surface area contributed by atoms with Crippen LogP contribution in [0.4, 0.5) is 0 Å². The van der Waals surface area contributed by atoms with Crippen LogP contribution in [-0.4, -0.2) is 29.3 Å². The molecule has 1 heterocycles. The van der Waals surface area contributed by atoms with Gasteiger partial charge in [-0.05, 0) is 0 Å². The van der Waals surface area contributed by atoms with Crippen LogP contribution in [0.5, 0.6) is 5.75 Å². The third-order valence-electron chi connectivity index (χ3n) is 1.55. The molecule has 6 heteroatoms. The summed E-state index contributed by atoms with van der Waals surface area (Å²) in [4.78, 5) is 3.69. The minimum atomic E-state index is -1.71. The first-order valence-corrected chi connectivity index (χ1v) is 3.48. The molecule has 66 valence electrons. The van der Waals surface area contributed by atoms with E-state index in [1.165, 1.54) is 19.5 Å². The number of nitrogens with zero attached hydrogens (tertiary/aromatic N) is 2. The molecule has 0 spiro atoms. The van der Waals surface area contributed by atoms with Gasteiger partial charge in [-0.3, -0.25) is 4.98 Å². The summed E-state index contributed by atoms with van der Waals surface area (Å²) in [5.74, 6) is 0.230. The number of rotatable bonds is 2. The van der Waals surface area contributed by atoms with Crippen LogP contribution in [-0.2, 0) is 0 Å². The maximum Gasteiger partial charge on any atom is 0.491 e. The summed E-state index contributed by atoms with van der Waals surface area (Å²) < 4.78 is 4.82. The topological polar surface area (TPSA) is 86.4 Å². The summed E-state index contributed by atoms with van der Waals surface area (Å²) in [6.07, 6.45) is 2.55. The summed E-state index contributed by atoms with van der Waals surface area (Å²) in [6.45, 7) is 0. The summed E-state index contributed by atoms with van der Waals surface area (Å²) in [5, 5.41) is 26.4. The number of hydrogen-bond acceptors (Lipinski definition) is 5. The van der Waals surface area contributed by atoms with Gasteiger partial charge in [-0.25, -0.2) is 0 Å². The van der Waals surface area contributed by atoms with E-state index in [1.807, 2.05) is 6.07 Å². The smallest absolute Gasteiger partial charge is 0.491 e. The van der Waals surface area contributed by atoms with Crippen LogP contribution in [0.25, 0.3) is 0 Å². The molecule has 5 nitrogen and oxygen atoms in total. The third kappa shape index (κ3) is 1.77. The molecule has 1 rings (SSSR count). The van der Waals surface area contributed by atoms with Gasteiger partial charge in [-0.15, -0.1) is 0 Å². The Labute approximate surface area is 75.4 Å². The Morgan fingerprint density at radius 1 is 1.54 bits per heavy atom. The van der Waals surface area contributed by atoms with Gasteiger partial charge in [-0.1, -0.05) is 0 Å². The number of nitriles is 1. The summed E-state index contributed by atoms with van der Waals surface area (Å²) in [7, 11) is -0.331. The molecule has 0 atom stereocenters. The molecule has 0 bridgehead atoms. The van der Waals surface area contributed by atoms with Crippen molar-refractivity contribution in [3.8, 4) is 11.8 Å². The van der Waals surface area contributed by atoms with E-state index in [1.54, 1.807) is 0 Å². The zero-order valence-electron chi connectivity index (χ0n) is 6.93. The second kappa shape index (κ2) is 3.89. The monoisotopic (exact) mass is 178 g/mol. The van der Waals surface area contributed by atoms with Gasteiger partial charge in [0, 0.05) is 11.7 Å². The van der Waals surface area contributed by atoms with Crippen molar-refractivity contribution in [2.75, 3.05) is 7.11 Å². The Morgan fingerprint density at radius 3 is 2.69 bits per heavy atom. The molecule has 0 aliphatic heterocycles. The van der Waals surface area contributed by atoms with Crippen LogP contribution < -0.4 is 10.2 Å². The Hall–Kier alpha value is -1.58. The Morgan fingerprint density at radius 2 is 2.23 bits per heavy atom. The van der Waals surface area contributed by atoms with Crippen LogP contribution in [0.1, 0.15) is 5.56 Å².